The highest BCUT2D eigenvalue weighted by molar-refractivity contribution is 7.92. The molecule has 0 atom stereocenters. The minimum absolute atomic E-state index is 0.00696. The molecule has 2 aromatic rings. The average Bonchev–Trinajstić information content (AvgIpc) is 2.84. The highest BCUT2D eigenvalue weighted by Crippen LogP contribution is 2.15. The Morgan fingerprint density at radius 3 is 2.57 bits per heavy atom. The zero-order chi connectivity index (χ0) is 15.3. The van der Waals surface area contributed by atoms with Crippen LogP contribution in [0, 0.1) is 18.8 Å². The van der Waals surface area contributed by atoms with E-state index in [9.17, 15) is 8.42 Å². The molecule has 0 fully saturated rings. The summed E-state index contributed by atoms with van der Waals surface area (Å²) in [4.78, 5) is 0.0612. The molecule has 0 saturated carbocycles. The van der Waals surface area contributed by atoms with Gasteiger partial charge in [-0.15, -0.1) is 5.10 Å². The Balaban J connectivity index is 2.15. The number of nitrogens with one attached hydrogen (secondary N) is 1. The third-order valence-electron chi connectivity index (χ3n) is 2.38. The fourth-order valence-electron chi connectivity index (χ4n) is 1.45. The lowest BCUT2D eigenvalue weighted by atomic mass is 10.2. The van der Waals surface area contributed by atoms with Crippen LogP contribution in [-0.4, -0.2) is 30.3 Å². The molecule has 21 heavy (non-hydrogen) atoms. The molecule has 7 nitrogen and oxygen atoms in total. The van der Waals surface area contributed by atoms with Crippen molar-refractivity contribution in [1.29, 1.82) is 0 Å². The number of nitrogens with zero attached hydrogens (tertiary/aromatic N) is 2. The van der Waals surface area contributed by atoms with Gasteiger partial charge in [0.15, 0.2) is 0 Å². The van der Waals surface area contributed by atoms with Crippen molar-refractivity contribution in [2.75, 3.05) is 11.3 Å². The summed E-state index contributed by atoms with van der Waals surface area (Å²) >= 11 is 0. The summed E-state index contributed by atoms with van der Waals surface area (Å²) in [5, 5.41) is 15.7. The lowest BCUT2D eigenvalue weighted by molar-refractivity contribution is 0.305. The quantitative estimate of drug-likeness (QED) is 0.813. The number of aryl methyl sites for hydroxylation is 1. The second kappa shape index (κ2) is 6.39. The molecular weight excluding hydrogens is 294 g/mol. The normalized spacial score (nSPS) is 10.8. The van der Waals surface area contributed by atoms with Crippen LogP contribution in [0.15, 0.2) is 33.6 Å². The predicted molar refractivity (Wildman–Crippen MR) is 74.9 cm³/mol. The number of aliphatic hydroxyl groups excluding tert-OH is 1. The maximum absolute atomic E-state index is 12.1. The number of hydrogen-bond acceptors (Lipinski definition) is 6. The molecule has 0 amide bonds. The van der Waals surface area contributed by atoms with E-state index in [1.807, 2.05) is 0 Å². The van der Waals surface area contributed by atoms with Gasteiger partial charge in [-0.2, -0.15) is 0 Å². The number of anilines is 1. The second-order valence-corrected chi connectivity index (χ2v) is 5.71. The lowest BCUT2D eigenvalue weighted by Gasteiger charge is -2.03. The molecule has 0 aliphatic carbocycles. The van der Waals surface area contributed by atoms with Gasteiger partial charge in [0.25, 0.3) is 10.0 Å². The standard InChI is InChI=1S/C13H13N3O4S/c1-10-14-15-13(20-10)16-21(18,19)12-7-5-11(6-8-12)4-2-3-9-17/h5-8,17H,3,9H2,1H3,(H,15,16). The fraction of sp³-hybridized carbons (Fsp3) is 0.231. The molecule has 0 aliphatic rings. The van der Waals surface area contributed by atoms with Crippen LogP contribution >= 0.6 is 0 Å². The van der Waals surface area contributed by atoms with Gasteiger partial charge >= 0.3 is 6.01 Å². The van der Waals surface area contributed by atoms with Crippen molar-refractivity contribution in [3.8, 4) is 11.8 Å². The van der Waals surface area contributed by atoms with Gasteiger partial charge in [0, 0.05) is 18.9 Å². The van der Waals surface area contributed by atoms with E-state index >= 15 is 0 Å². The Morgan fingerprint density at radius 1 is 1.29 bits per heavy atom. The third kappa shape index (κ3) is 4.05. The molecule has 0 radical (unpaired) electrons. The highest BCUT2D eigenvalue weighted by Gasteiger charge is 2.17. The van der Waals surface area contributed by atoms with Gasteiger partial charge in [-0.3, -0.25) is 0 Å². The molecule has 1 aromatic heterocycles. The first-order valence-electron chi connectivity index (χ1n) is 6.04. The Labute approximate surface area is 122 Å². The van der Waals surface area contributed by atoms with Crippen LogP contribution < -0.4 is 4.72 Å². The highest BCUT2D eigenvalue weighted by atomic mass is 32.2. The summed E-state index contributed by atoms with van der Waals surface area (Å²) in [7, 11) is -3.78. The zero-order valence-electron chi connectivity index (χ0n) is 11.2. The summed E-state index contributed by atoms with van der Waals surface area (Å²) < 4.78 is 31.3. The Morgan fingerprint density at radius 2 is 2.00 bits per heavy atom. The summed E-state index contributed by atoms with van der Waals surface area (Å²) in [5.41, 5.74) is 0.663. The molecule has 0 aliphatic heterocycles. The molecule has 2 rings (SSSR count). The minimum atomic E-state index is -3.78. The molecular formula is C13H13N3O4S. The summed E-state index contributed by atoms with van der Waals surface area (Å²) in [5.74, 6) is 5.83. The van der Waals surface area contributed by atoms with Crippen LogP contribution in [0.2, 0.25) is 0 Å². The van der Waals surface area contributed by atoms with Crippen molar-refractivity contribution in [1.82, 2.24) is 10.2 Å². The first kappa shape index (κ1) is 15.0. The number of sulfonamides is 1. The molecule has 1 heterocycles. The maximum Gasteiger partial charge on any atom is 0.329 e. The van der Waals surface area contributed by atoms with Crippen LogP contribution in [0.4, 0.5) is 6.01 Å². The number of rotatable bonds is 4. The Bertz CT molecular complexity index is 770. The van der Waals surface area contributed by atoms with E-state index in [0.29, 0.717) is 12.0 Å². The first-order valence-corrected chi connectivity index (χ1v) is 7.52. The van der Waals surface area contributed by atoms with Gasteiger partial charge in [-0.05, 0) is 24.3 Å². The van der Waals surface area contributed by atoms with Crippen molar-refractivity contribution in [3.05, 3.63) is 35.7 Å². The van der Waals surface area contributed by atoms with E-state index in [4.69, 9.17) is 9.52 Å². The molecule has 0 saturated heterocycles. The number of hydrogen-bond donors (Lipinski definition) is 2. The number of aliphatic hydroxyl groups is 1. The molecule has 0 spiro atoms. The van der Waals surface area contributed by atoms with Gasteiger partial charge in [-0.25, -0.2) is 13.1 Å². The van der Waals surface area contributed by atoms with Crippen molar-refractivity contribution in [3.63, 3.8) is 0 Å². The number of benzene rings is 1. The molecule has 2 N–H and O–H groups in total. The largest absolute Gasteiger partial charge is 0.408 e. The molecule has 0 unspecified atom stereocenters. The first-order chi connectivity index (χ1) is 10.0. The van der Waals surface area contributed by atoms with Crippen LogP contribution in [-0.2, 0) is 10.0 Å². The predicted octanol–water partition coefficient (Wildman–Crippen LogP) is 0.913. The molecule has 8 heteroatoms. The maximum atomic E-state index is 12.1. The topological polar surface area (TPSA) is 105 Å². The van der Waals surface area contributed by atoms with Gasteiger partial charge in [0.2, 0.25) is 5.89 Å². The van der Waals surface area contributed by atoms with E-state index in [1.165, 1.54) is 12.1 Å². The van der Waals surface area contributed by atoms with Crippen molar-refractivity contribution in [2.45, 2.75) is 18.2 Å². The van der Waals surface area contributed by atoms with Crippen molar-refractivity contribution < 1.29 is 17.9 Å². The SMILES string of the molecule is Cc1nnc(NS(=O)(=O)c2ccc(C#CCCO)cc2)o1. The lowest BCUT2D eigenvalue weighted by Crippen LogP contribution is -2.13. The molecule has 110 valence electrons. The summed E-state index contributed by atoms with van der Waals surface area (Å²) in [6, 6.07) is 5.83. The summed E-state index contributed by atoms with van der Waals surface area (Å²) in [6.07, 6.45) is 0.373. The molecule has 0 bridgehead atoms. The van der Waals surface area contributed by atoms with Gasteiger partial charge < -0.3 is 9.52 Å². The van der Waals surface area contributed by atoms with Crippen LogP contribution in [0.5, 0.6) is 0 Å². The van der Waals surface area contributed by atoms with Crippen LogP contribution in [0.1, 0.15) is 17.9 Å². The van der Waals surface area contributed by atoms with Gasteiger partial charge in [0.05, 0.1) is 11.5 Å². The van der Waals surface area contributed by atoms with E-state index in [-0.39, 0.29) is 23.4 Å². The van der Waals surface area contributed by atoms with E-state index in [1.54, 1.807) is 19.1 Å². The van der Waals surface area contributed by atoms with Gasteiger partial charge in [0.1, 0.15) is 0 Å². The monoisotopic (exact) mass is 307 g/mol. The summed E-state index contributed by atoms with van der Waals surface area (Å²) in [6.45, 7) is 1.55. The van der Waals surface area contributed by atoms with Crippen molar-refractivity contribution in [2.24, 2.45) is 0 Å². The smallest absolute Gasteiger partial charge is 0.329 e. The zero-order valence-corrected chi connectivity index (χ0v) is 12.0. The van der Waals surface area contributed by atoms with Crippen LogP contribution in [0.3, 0.4) is 0 Å². The van der Waals surface area contributed by atoms with Gasteiger partial charge in [-0.1, -0.05) is 16.9 Å². The Hall–Kier alpha value is -2.37. The van der Waals surface area contributed by atoms with E-state index < -0.39 is 10.0 Å². The third-order valence-corrected chi connectivity index (χ3v) is 3.72. The van der Waals surface area contributed by atoms with E-state index in [0.717, 1.165) is 0 Å². The minimum Gasteiger partial charge on any atom is -0.408 e. The Kier molecular flexibility index (Phi) is 4.57. The second-order valence-electron chi connectivity index (χ2n) is 4.03. The number of aromatic nitrogens is 2. The van der Waals surface area contributed by atoms with Crippen molar-refractivity contribution >= 4 is 16.0 Å². The average molecular weight is 307 g/mol. The fourth-order valence-corrected chi connectivity index (χ4v) is 2.37. The van der Waals surface area contributed by atoms with E-state index in [2.05, 4.69) is 26.8 Å². The van der Waals surface area contributed by atoms with Crippen LogP contribution in [0.25, 0.3) is 0 Å². The molecule has 1 aromatic carbocycles.